The van der Waals surface area contributed by atoms with Crippen LogP contribution < -0.4 is 0 Å². The molecule has 0 saturated carbocycles. The monoisotopic (exact) mass is 313 g/mol. The lowest BCUT2D eigenvalue weighted by molar-refractivity contribution is 0.0598. The summed E-state index contributed by atoms with van der Waals surface area (Å²) in [7, 11) is 1.16. The number of nitrogens with zero attached hydrogens (tertiary/aromatic N) is 1. The maximum atomic E-state index is 12.5. The fourth-order valence-corrected chi connectivity index (χ4v) is 1.92. The van der Waals surface area contributed by atoms with Gasteiger partial charge in [-0.2, -0.15) is 0 Å². The zero-order chi connectivity index (χ0) is 12.3. The van der Waals surface area contributed by atoms with E-state index in [4.69, 9.17) is 11.6 Å². The molecule has 0 amide bonds. The zero-order valence-electron chi connectivity index (χ0n) is 8.14. The van der Waals surface area contributed by atoms with E-state index in [2.05, 4.69) is 25.7 Å². The average molecular weight is 315 g/mol. The molecular formula is C9H7BrClF2NO2. The number of esters is 1. The van der Waals surface area contributed by atoms with E-state index in [0.717, 1.165) is 13.2 Å². The first-order valence-electron chi connectivity index (χ1n) is 4.13. The van der Waals surface area contributed by atoms with Gasteiger partial charge >= 0.3 is 5.97 Å². The lowest BCUT2D eigenvalue weighted by Crippen LogP contribution is -2.07. The van der Waals surface area contributed by atoms with Crippen LogP contribution in [0.2, 0.25) is 0 Å². The van der Waals surface area contributed by atoms with Crippen molar-refractivity contribution in [2.24, 2.45) is 0 Å². The van der Waals surface area contributed by atoms with Crippen molar-refractivity contribution in [3.05, 3.63) is 27.5 Å². The molecule has 0 bridgehead atoms. The number of alkyl halides is 3. The fourth-order valence-electron chi connectivity index (χ4n) is 1.06. The lowest BCUT2D eigenvalue weighted by Gasteiger charge is -2.08. The number of ether oxygens (including phenoxy) is 1. The highest BCUT2D eigenvalue weighted by atomic mass is 79.9. The number of pyridine rings is 1. The van der Waals surface area contributed by atoms with Gasteiger partial charge in [0.1, 0.15) is 5.69 Å². The van der Waals surface area contributed by atoms with Crippen molar-refractivity contribution in [3.63, 3.8) is 0 Å². The summed E-state index contributed by atoms with van der Waals surface area (Å²) in [5.74, 6) is -0.798. The van der Waals surface area contributed by atoms with Gasteiger partial charge in [-0.25, -0.2) is 18.6 Å². The Balaban J connectivity index is 3.35. The highest BCUT2D eigenvalue weighted by molar-refractivity contribution is 9.10. The molecular weight excluding hydrogens is 307 g/mol. The number of hydrogen-bond acceptors (Lipinski definition) is 3. The summed E-state index contributed by atoms with van der Waals surface area (Å²) in [6.07, 6.45) is -2.77. The van der Waals surface area contributed by atoms with E-state index in [9.17, 15) is 13.6 Å². The molecule has 0 aliphatic carbocycles. The third kappa shape index (κ3) is 2.68. The van der Waals surface area contributed by atoms with E-state index in [-0.39, 0.29) is 21.6 Å². The van der Waals surface area contributed by atoms with Crippen LogP contribution in [0.1, 0.15) is 28.2 Å². The second kappa shape index (κ2) is 5.54. The molecule has 0 atom stereocenters. The van der Waals surface area contributed by atoms with Gasteiger partial charge in [-0.05, 0) is 22.0 Å². The molecule has 0 spiro atoms. The molecule has 0 aliphatic heterocycles. The summed E-state index contributed by atoms with van der Waals surface area (Å²) in [6.45, 7) is 0. The van der Waals surface area contributed by atoms with Crippen LogP contribution in [0.5, 0.6) is 0 Å². The topological polar surface area (TPSA) is 39.2 Å². The largest absolute Gasteiger partial charge is 0.465 e. The van der Waals surface area contributed by atoms with Crippen LogP contribution in [-0.2, 0) is 10.6 Å². The van der Waals surface area contributed by atoms with Gasteiger partial charge in [-0.3, -0.25) is 0 Å². The van der Waals surface area contributed by atoms with Crippen molar-refractivity contribution in [2.45, 2.75) is 12.3 Å². The number of hydrogen-bond donors (Lipinski definition) is 0. The summed E-state index contributed by atoms with van der Waals surface area (Å²) in [6, 6.07) is 0.983. The van der Waals surface area contributed by atoms with Crippen molar-refractivity contribution in [1.82, 2.24) is 4.98 Å². The number of carbonyl (C=O) groups is 1. The molecule has 0 fully saturated rings. The quantitative estimate of drug-likeness (QED) is 0.635. The van der Waals surface area contributed by atoms with E-state index in [1.807, 2.05) is 0 Å². The molecule has 1 aromatic heterocycles. The Morgan fingerprint density at radius 3 is 2.75 bits per heavy atom. The minimum atomic E-state index is -2.77. The van der Waals surface area contributed by atoms with Gasteiger partial charge in [-0.15, -0.1) is 11.6 Å². The van der Waals surface area contributed by atoms with Crippen molar-refractivity contribution in [1.29, 1.82) is 0 Å². The van der Waals surface area contributed by atoms with Gasteiger partial charge in [0.25, 0.3) is 6.43 Å². The van der Waals surface area contributed by atoms with Gasteiger partial charge in [-0.1, -0.05) is 0 Å². The number of carbonyl (C=O) groups excluding carboxylic acids is 1. The molecule has 0 saturated heterocycles. The van der Waals surface area contributed by atoms with Crippen LogP contribution in [0.25, 0.3) is 0 Å². The van der Waals surface area contributed by atoms with E-state index < -0.39 is 18.1 Å². The van der Waals surface area contributed by atoms with E-state index in [0.29, 0.717) is 0 Å². The predicted molar refractivity (Wildman–Crippen MR) is 57.8 cm³/mol. The Morgan fingerprint density at radius 2 is 2.31 bits per heavy atom. The second-order valence-corrected chi connectivity index (χ2v) is 3.84. The SMILES string of the molecule is COC(=O)c1cc(C(F)F)nc(CCl)c1Br. The molecule has 0 N–H and O–H groups in total. The van der Waals surface area contributed by atoms with Crippen LogP contribution >= 0.6 is 27.5 Å². The lowest BCUT2D eigenvalue weighted by atomic mass is 10.2. The molecule has 0 aromatic carbocycles. The number of methoxy groups -OCH3 is 1. The first-order valence-corrected chi connectivity index (χ1v) is 5.45. The Labute approximate surface area is 104 Å². The molecule has 88 valence electrons. The van der Waals surface area contributed by atoms with Crippen molar-refractivity contribution in [3.8, 4) is 0 Å². The molecule has 0 radical (unpaired) electrons. The number of halogens is 4. The van der Waals surface area contributed by atoms with E-state index >= 15 is 0 Å². The molecule has 0 unspecified atom stereocenters. The fraction of sp³-hybridized carbons (Fsp3) is 0.333. The number of aromatic nitrogens is 1. The average Bonchev–Trinajstić information content (AvgIpc) is 2.28. The molecule has 1 aromatic rings. The highest BCUT2D eigenvalue weighted by Gasteiger charge is 2.20. The van der Waals surface area contributed by atoms with Gasteiger partial charge in [0.2, 0.25) is 0 Å². The Bertz CT molecular complexity index is 415. The maximum absolute atomic E-state index is 12.5. The van der Waals surface area contributed by atoms with E-state index in [1.165, 1.54) is 0 Å². The van der Waals surface area contributed by atoms with Crippen LogP contribution in [0, 0.1) is 0 Å². The number of rotatable bonds is 3. The molecule has 3 nitrogen and oxygen atoms in total. The summed E-state index contributed by atoms with van der Waals surface area (Å²) < 4.78 is 29.7. The summed E-state index contributed by atoms with van der Waals surface area (Å²) in [5.41, 5.74) is -0.331. The summed E-state index contributed by atoms with van der Waals surface area (Å²) in [4.78, 5) is 14.9. The standard InChI is InChI=1S/C9H7BrClF2NO2/c1-16-9(15)4-2-5(8(12)13)14-6(3-11)7(4)10/h2,8H,3H2,1H3. The normalized spacial score (nSPS) is 10.6. The van der Waals surface area contributed by atoms with E-state index in [1.54, 1.807) is 0 Å². The predicted octanol–water partition coefficient (Wildman–Crippen LogP) is 3.31. The van der Waals surface area contributed by atoms with Crippen LogP contribution in [-0.4, -0.2) is 18.1 Å². The molecule has 7 heteroatoms. The molecule has 1 heterocycles. The molecule has 0 aliphatic rings. The smallest absolute Gasteiger partial charge is 0.339 e. The van der Waals surface area contributed by atoms with Gasteiger partial charge in [0.05, 0.1) is 28.7 Å². The van der Waals surface area contributed by atoms with Crippen molar-refractivity contribution >= 4 is 33.5 Å². The van der Waals surface area contributed by atoms with Crippen LogP contribution in [0.4, 0.5) is 8.78 Å². The minimum absolute atomic E-state index is 0.0107. The Kier molecular flexibility index (Phi) is 4.61. The summed E-state index contributed by atoms with van der Waals surface area (Å²) in [5, 5.41) is 0. The van der Waals surface area contributed by atoms with Gasteiger partial charge in [0, 0.05) is 0 Å². The van der Waals surface area contributed by atoms with Crippen molar-refractivity contribution in [2.75, 3.05) is 7.11 Å². The second-order valence-electron chi connectivity index (χ2n) is 2.78. The molecule has 1 rings (SSSR count). The van der Waals surface area contributed by atoms with Gasteiger partial charge < -0.3 is 4.74 Å². The third-order valence-corrected chi connectivity index (χ3v) is 2.94. The van der Waals surface area contributed by atoms with Crippen LogP contribution in [0.3, 0.4) is 0 Å². The third-order valence-electron chi connectivity index (χ3n) is 1.80. The highest BCUT2D eigenvalue weighted by Crippen LogP contribution is 2.27. The maximum Gasteiger partial charge on any atom is 0.339 e. The summed E-state index contributed by atoms with van der Waals surface area (Å²) >= 11 is 8.61. The first kappa shape index (κ1) is 13.3. The van der Waals surface area contributed by atoms with Gasteiger partial charge in [0.15, 0.2) is 0 Å². The Morgan fingerprint density at radius 1 is 1.69 bits per heavy atom. The Hall–Kier alpha value is -0.750. The zero-order valence-corrected chi connectivity index (χ0v) is 10.5. The minimum Gasteiger partial charge on any atom is -0.465 e. The van der Waals surface area contributed by atoms with Crippen molar-refractivity contribution < 1.29 is 18.3 Å². The molecule has 16 heavy (non-hydrogen) atoms. The first-order chi connectivity index (χ1) is 7.51. The van der Waals surface area contributed by atoms with Crippen LogP contribution in [0.15, 0.2) is 10.5 Å².